The molecule has 0 aliphatic carbocycles. The van der Waals surface area contributed by atoms with E-state index in [1.165, 1.54) is 0 Å². The van der Waals surface area contributed by atoms with Crippen molar-refractivity contribution in [3.63, 3.8) is 0 Å². The van der Waals surface area contributed by atoms with E-state index in [0.717, 1.165) is 17.6 Å². The van der Waals surface area contributed by atoms with Crippen LogP contribution in [0.3, 0.4) is 0 Å². The van der Waals surface area contributed by atoms with E-state index in [9.17, 15) is 4.79 Å². The molecule has 0 atom stereocenters. The number of carbonyl (C=O) groups is 1. The van der Waals surface area contributed by atoms with Crippen molar-refractivity contribution in [3.8, 4) is 17.2 Å². The van der Waals surface area contributed by atoms with E-state index in [4.69, 9.17) is 14.2 Å². The summed E-state index contributed by atoms with van der Waals surface area (Å²) >= 11 is 0. The lowest BCUT2D eigenvalue weighted by molar-refractivity contribution is 0.112. The molecule has 0 bridgehead atoms. The molecule has 0 radical (unpaired) electrons. The molecule has 0 N–H and O–H groups in total. The fourth-order valence-corrected chi connectivity index (χ4v) is 1.76. The molecule has 0 aliphatic heterocycles. The Morgan fingerprint density at radius 1 is 0.950 bits per heavy atom. The average molecular weight is 272 g/mol. The zero-order valence-electron chi connectivity index (χ0n) is 11.5. The first kappa shape index (κ1) is 13.9. The third-order valence-corrected chi connectivity index (χ3v) is 2.88. The zero-order chi connectivity index (χ0) is 14.4. The van der Waals surface area contributed by atoms with Crippen molar-refractivity contribution < 1.29 is 19.0 Å². The van der Waals surface area contributed by atoms with Crippen LogP contribution in [0.1, 0.15) is 15.9 Å². The van der Waals surface area contributed by atoms with Gasteiger partial charge in [-0.25, -0.2) is 0 Å². The number of rotatable bonds is 6. The van der Waals surface area contributed by atoms with Gasteiger partial charge < -0.3 is 14.2 Å². The van der Waals surface area contributed by atoms with E-state index in [1.807, 2.05) is 24.3 Å². The molecule has 0 spiro atoms. The molecule has 20 heavy (non-hydrogen) atoms. The molecule has 2 rings (SSSR count). The van der Waals surface area contributed by atoms with Crippen molar-refractivity contribution in [2.24, 2.45) is 0 Å². The summed E-state index contributed by atoms with van der Waals surface area (Å²) in [7, 11) is 3.19. The Morgan fingerprint density at radius 2 is 1.70 bits per heavy atom. The maximum atomic E-state index is 10.8. The van der Waals surface area contributed by atoms with Crippen molar-refractivity contribution in [2.45, 2.75) is 6.61 Å². The second-order valence-electron chi connectivity index (χ2n) is 4.16. The second kappa shape index (κ2) is 6.61. The largest absolute Gasteiger partial charge is 0.497 e. The first-order valence-electron chi connectivity index (χ1n) is 6.15. The highest BCUT2D eigenvalue weighted by Gasteiger charge is 2.06. The Kier molecular flexibility index (Phi) is 4.60. The zero-order valence-corrected chi connectivity index (χ0v) is 11.5. The van der Waals surface area contributed by atoms with Gasteiger partial charge in [0.2, 0.25) is 0 Å². The third-order valence-electron chi connectivity index (χ3n) is 2.88. The molecule has 4 heteroatoms. The second-order valence-corrected chi connectivity index (χ2v) is 4.16. The van der Waals surface area contributed by atoms with E-state index in [-0.39, 0.29) is 0 Å². The van der Waals surface area contributed by atoms with Crippen molar-refractivity contribution >= 4 is 6.29 Å². The van der Waals surface area contributed by atoms with Crippen LogP contribution < -0.4 is 14.2 Å². The van der Waals surface area contributed by atoms with E-state index in [0.29, 0.717) is 23.7 Å². The molecule has 0 aromatic heterocycles. The number of benzene rings is 2. The molecule has 0 unspecified atom stereocenters. The van der Waals surface area contributed by atoms with Crippen molar-refractivity contribution in [2.75, 3.05) is 14.2 Å². The van der Waals surface area contributed by atoms with Crippen LogP contribution in [0.2, 0.25) is 0 Å². The van der Waals surface area contributed by atoms with E-state index in [1.54, 1.807) is 32.4 Å². The van der Waals surface area contributed by atoms with Crippen LogP contribution in [0.4, 0.5) is 0 Å². The summed E-state index contributed by atoms with van der Waals surface area (Å²) in [5.74, 6) is 1.95. The minimum Gasteiger partial charge on any atom is -0.497 e. The summed E-state index contributed by atoms with van der Waals surface area (Å²) in [5.41, 5.74) is 1.56. The van der Waals surface area contributed by atoms with Gasteiger partial charge >= 0.3 is 0 Å². The van der Waals surface area contributed by atoms with Gasteiger partial charge in [0.25, 0.3) is 0 Å². The summed E-state index contributed by atoms with van der Waals surface area (Å²) in [6, 6.07) is 12.7. The van der Waals surface area contributed by atoms with Crippen LogP contribution in [0, 0.1) is 0 Å². The maximum Gasteiger partial charge on any atom is 0.162 e. The van der Waals surface area contributed by atoms with Crippen LogP contribution in [0.25, 0.3) is 0 Å². The fraction of sp³-hybridized carbons (Fsp3) is 0.188. The summed E-state index contributed by atoms with van der Waals surface area (Å²) in [5, 5.41) is 0. The van der Waals surface area contributed by atoms with Gasteiger partial charge in [-0.1, -0.05) is 12.1 Å². The lowest BCUT2D eigenvalue weighted by Gasteiger charge is -2.11. The highest BCUT2D eigenvalue weighted by Crippen LogP contribution is 2.28. The molecule has 0 amide bonds. The molecular weight excluding hydrogens is 256 g/mol. The Hall–Kier alpha value is -2.49. The number of carbonyl (C=O) groups excluding carboxylic acids is 1. The summed E-state index contributed by atoms with van der Waals surface area (Å²) in [4.78, 5) is 10.8. The number of hydrogen-bond acceptors (Lipinski definition) is 4. The smallest absolute Gasteiger partial charge is 0.162 e. The summed E-state index contributed by atoms with van der Waals surface area (Å²) in [6.07, 6.45) is 0.777. The standard InChI is InChI=1S/C16H16O4/c1-18-14-6-3-12(4-7-14)11-20-16-9-13(10-17)5-8-15(16)19-2/h3-10H,11H2,1-2H3. The molecule has 2 aromatic carbocycles. The summed E-state index contributed by atoms with van der Waals surface area (Å²) in [6.45, 7) is 0.392. The first-order valence-corrected chi connectivity index (χ1v) is 6.15. The van der Waals surface area contributed by atoms with Gasteiger partial charge in [0.15, 0.2) is 11.5 Å². The minimum absolute atomic E-state index is 0.392. The molecule has 0 saturated heterocycles. The predicted molar refractivity (Wildman–Crippen MR) is 75.7 cm³/mol. The van der Waals surface area contributed by atoms with Crippen molar-refractivity contribution in [1.82, 2.24) is 0 Å². The Labute approximate surface area is 117 Å². The number of aldehydes is 1. The van der Waals surface area contributed by atoms with Crippen molar-refractivity contribution in [1.29, 1.82) is 0 Å². The molecule has 104 valence electrons. The van der Waals surface area contributed by atoms with Crippen LogP contribution in [-0.2, 0) is 6.61 Å². The normalized spacial score (nSPS) is 9.90. The monoisotopic (exact) mass is 272 g/mol. The quantitative estimate of drug-likeness (QED) is 0.758. The third kappa shape index (κ3) is 3.29. The Bertz CT molecular complexity index is 576. The van der Waals surface area contributed by atoms with Gasteiger partial charge in [0.1, 0.15) is 18.6 Å². The SMILES string of the molecule is COc1ccc(COc2cc(C=O)ccc2OC)cc1. The first-order chi connectivity index (χ1) is 9.76. The number of ether oxygens (including phenoxy) is 3. The lowest BCUT2D eigenvalue weighted by atomic mass is 10.2. The van der Waals surface area contributed by atoms with E-state index in [2.05, 4.69) is 0 Å². The molecule has 4 nitrogen and oxygen atoms in total. The van der Waals surface area contributed by atoms with Gasteiger partial charge in [0, 0.05) is 5.56 Å². The van der Waals surface area contributed by atoms with Crippen LogP contribution >= 0.6 is 0 Å². The maximum absolute atomic E-state index is 10.8. The average Bonchev–Trinajstić information content (AvgIpc) is 2.53. The van der Waals surface area contributed by atoms with Gasteiger partial charge in [0.05, 0.1) is 14.2 Å². The Balaban J connectivity index is 2.10. The molecular formula is C16H16O4. The molecule has 0 aliphatic rings. The molecule has 2 aromatic rings. The van der Waals surface area contributed by atoms with Gasteiger partial charge in [-0.05, 0) is 35.9 Å². The van der Waals surface area contributed by atoms with Crippen LogP contribution in [-0.4, -0.2) is 20.5 Å². The van der Waals surface area contributed by atoms with E-state index >= 15 is 0 Å². The van der Waals surface area contributed by atoms with Gasteiger partial charge in [-0.2, -0.15) is 0 Å². The highest BCUT2D eigenvalue weighted by molar-refractivity contribution is 5.76. The molecule has 0 heterocycles. The van der Waals surface area contributed by atoms with Crippen molar-refractivity contribution in [3.05, 3.63) is 53.6 Å². The summed E-state index contributed by atoms with van der Waals surface area (Å²) < 4.78 is 16.0. The lowest BCUT2D eigenvalue weighted by Crippen LogP contribution is -1.98. The fourth-order valence-electron chi connectivity index (χ4n) is 1.76. The number of hydrogen-bond donors (Lipinski definition) is 0. The Morgan fingerprint density at radius 3 is 2.30 bits per heavy atom. The molecule has 0 fully saturated rings. The van der Waals surface area contributed by atoms with Crippen LogP contribution in [0.5, 0.6) is 17.2 Å². The predicted octanol–water partition coefficient (Wildman–Crippen LogP) is 3.10. The minimum atomic E-state index is 0.392. The number of methoxy groups -OCH3 is 2. The van der Waals surface area contributed by atoms with Gasteiger partial charge in [-0.15, -0.1) is 0 Å². The van der Waals surface area contributed by atoms with Crippen LogP contribution in [0.15, 0.2) is 42.5 Å². The van der Waals surface area contributed by atoms with Gasteiger partial charge in [-0.3, -0.25) is 4.79 Å². The topological polar surface area (TPSA) is 44.8 Å². The highest BCUT2D eigenvalue weighted by atomic mass is 16.5. The molecule has 0 saturated carbocycles. The van der Waals surface area contributed by atoms with E-state index < -0.39 is 0 Å².